The van der Waals surface area contributed by atoms with E-state index in [0.29, 0.717) is 19.6 Å². The Bertz CT molecular complexity index is 392. The van der Waals surface area contributed by atoms with Crippen LogP contribution in [0.25, 0.3) is 0 Å². The summed E-state index contributed by atoms with van der Waals surface area (Å²) in [6.07, 6.45) is 16.0. The van der Waals surface area contributed by atoms with Crippen LogP contribution in [0.5, 0.6) is 0 Å². The van der Waals surface area contributed by atoms with Crippen molar-refractivity contribution in [1.82, 2.24) is 16.0 Å². The maximum Gasteiger partial charge on any atom is 0.407 e. The molecule has 0 rings (SSSR count). The highest BCUT2D eigenvalue weighted by Gasteiger charge is 2.03. The average Bonchev–Trinajstić information content (AvgIpc) is 2.74. The van der Waals surface area contributed by atoms with Crippen molar-refractivity contribution in [3.05, 3.63) is 0 Å². The van der Waals surface area contributed by atoms with Crippen LogP contribution >= 0.6 is 0 Å². The van der Waals surface area contributed by atoms with E-state index in [1.165, 1.54) is 44.9 Å². The minimum Gasteiger partial charge on any atom is -0.450 e. The van der Waals surface area contributed by atoms with E-state index in [0.717, 1.165) is 64.6 Å². The van der Waals surface area contributed by atoms with Crippen molar-refractivity contribution >= 4 is 12.0 Å². The predicted octanol–water partition coefficient (Wildman–Crippen LogP) is 5.31. The molecule has 0 radical (unpaired) electrons. The van der Waals surface area contributed by atoms with E-state index in [4.69, 9.17) is 4.74 Å². The third kappa shape index (κ3) is 23.0. The number of rotatable bonds is 22. The Labute approximate surface area is 185 Å². The Balaban J connectivity index is 3.26. The summed E-state index contributed by atoms with van der Waals surface area (Å²) < 4.78 is 5.18. The molecule has 3 N–H and O–H groups in total. The minimum absolute atomic E-state index is 0.136. The van der Waals surface area contributed by atoms with Crippen LogP contribution in [0.15, 0.2) is 0 Å². The van der Waals surface area contributed by atoms with Gasteiger partial charge in [0.25, 0.3) is 0 Å². The van der Waals surface area contributed by atoms with Gasteiger partial charge in [-0.05, 0) is 58.0 Å². The normalized spacial score (nSPS) is 10.7. The first-order valence-electron chi connectivity index (χ1n) is 12.6. The van der Waals surface area contributed by atoms with Gasteiger partial charge in [-0.15, -0.1) is 0 Å². The van der Waals surface area contributed by atoms with Gasteiger partial charge in [-0.3, -0.25) is 4.79 Å². The SMILES string of the molecule is CCCCCCNCCCCCNC(=O)OCCCCCC(=O)NCCCCCC. The molecule has 0 bridgehead atoms. The van der Waals surface area contributed by atoms with Gasteiger partial charge in [0.2, 0.25) is 5.91 Å². The Morgan fingerprint density at radius 1 is 0.600 bits per heavy atom. The molecule has 0 unspecified atom stereocenters. The molecule has 0 aliphatic rings. The van der Waals surface area contributed by atoms with Gasteiger partial charge >= 0.3 is 6.09 Å². The molecule has 0 aliphatic heterocycles. The van der Waals surface area contributed by atoms with Crippen LogP contribution < -0.4 is 16.0 Å². The molecule has 30 heavy (non-hydrogen) atoms. The molecule has 0 saturated heterocycles. The van der Waals surface area contributed by atoms with Crippen molar-refractivity contribution in [3.8, 4) is 0 Å². The largest absolute Gasteiger partial charge is 0.450 e. The van der Waals surface area contributed by atoms with Crippen molar-refractivity contribution in [2.75, 3.05) is 32.8 Å². The molecule has 0 aliphatic carbocycles. The van der Waals surface area contributed by atoms with Gasteiger partial charge in [-0.25, -0.2) is 4.79 Å². The lowest BCUT2D eigenvalue weighted by molar-refractivity contribution is -0.121. The maximum atomic E-state index is 11.7. The summed E-state index contributed by atoms with van der Waals surface area (Å²) in [5.41, 5.74) is 0. The molecule has 0 fully saturated rings. The van der Waals surface area contributed by atoms with Crippen molar-refractivity contribution in [1.29, 1.82) is 0 Å². The molecule has 2 amide bonds. The number of carbonyl (C=O) groups excluding carboxylic acids is 2. The predicted molar refractivity (Wildman–Crippen MR) is 126 cm³/mol. The monoisotopic (exact) mass is 427 g/mol. The highest BCUT2D eigenvalue weighted by atomic mass is 16.5. The number of nitrogens with one attached hydrogen (secondary N) is 3. The Kier molecular flexibility index (Phi) is 22.9. The summed E-state index contributed by atoms with van der Waals surface area (Å²) >= 11 is 0. The van der Waals surface area contributed by atoms with Crippen molar-refractivity contribution in [3.63, 3.8) is 0 Å². The van der Waals surface area contributed by atoms with Crippen LogP contribution in [0.2, 0.25) is 0 Å². The maximum absolute atomic E-state index is 11.7. The zero-order valence-electron chi connectivity index (χ0n) is 19.9. The summed E-state index contributed by atoms with van der Waals surface area (Å²) in [4.78, 5) is 23.3. The van der Waals surface area contributed by atoms with Gasteiger partial charge in [0.15, 0.2) is 0 Å². The molecule has 0 spiro atoms. The fourth-order valence-electron chi connectivity index (χ4n) is 3.19. The summed E-state index contributed by atoms with van der Waals surface area (Å²) in [5, 5.41) is 9.25. The Morgan fingerprint density at radius 3 is 1.77 bits per heavy atom. The van der Waals surface area contributed by atoms with Gasteiger partial charge in [-0.2, -0.15) is 0 Å². The third-order valence-corrected chi connectivity index (χ3v) is 5.14. The number of unbranched alkanes of at least 4 members (excludes halogenated alkanes) is 10. The van der Waals surface area contributed by atoms with Gasteiger partial charge in [0.05, 0.1) is 6.61 Å². The van der Waals surface area contributed by atoms with Crippen LogP contribution in [0.3, 0.4) is 0 Å². The average molecular weight is 428 g/mol. The topological polar surface area (TPSA) is 79.5 Å². The number of hydrogen-bond acceptors (Lipinski definition) is 4. The van der Waals surface area contributed by atoms with Crippen LogP contribution in [0, 0.1) is 0 Å². The summed E-state index contributed by atoms with van der Waals surface area (Å²) in [7, 11) is 0. The zero-order chi connectivity index (χ0) is 22.1. The Hall–Kier alpha value is -1.30. The minimum atomic E-state index is -0.325. The second-order valence-corrected chi connectivity index (χ2v) is 8.16. The highest BCUT2D eigenvalue weighted by molar-refractivity contribution is 5.75. The lowest BCUT2D eigenvalue weighted by Gasteiger charge is -2.08. The van der Waals surface area contributed by atoms with E-state index in [2.05, 4.69) is 29.8 Å². The molecule has 0 atom stereocenters. The second-order valence-electron chi connectivity index (χ2n) is 8.16. The van der Waals surface area contributed by atoms with Gasteiger partial charge in [0, 0.05) is 19.5 Å². The van der Waals surface area contributed by atoms with E-state index in [1.807, 2.05) is 0 Å². The van der Waals surface area contributed by atoms with Crippen LogP contribution in [-0.2, 0) is 9.53 Å². The lowest BCUT2D eigenvalue weighted by Crippen LogP contribution is -2.26. The molecule has 0 aromatic rings. The summed E-state index contributed by atoms with van der Waals surface area (Å²) in [6, 6.07) is 0. The molecule has 0 saturated carbocycles. The molecule has 6 heteroatoms. The lowest BCUT2D eigenvalue weighted by atomic mass is 10.2. The zero-order valence-corrected chi connectivity index (χ0v) is 19.9. The number of alkyl carbamates (subject to hydrolysis) is 1. The fraction of sp³-hybridized carbons (Fsp3) is 0.917. The van der Waals surface area contributed by atoms with Crippen LogP contribution in [0.1, 0.15) is 110 Å². The molecule has 0 heterocycles. The van der Waals surface area contributed by atoms with Crippen molar-refractivity contribution in [2.45, 2.75) is 110 Å². The summed E-state index contributed by atoms with van der Waals surface area (Å²) in [6.45, 7) is 8.49. The number of ether oxygens (including phenoxy) is 1. The van der Waals surface area contributed by atoms with E-state index >= 15 is 0 Å². The molecular formula is C24H49N3O3. The number of carbonyl (C=O) groups is 2. The molecule has 6 nitrogen and oxygen atoms in total. The van der Waals surface area contributed by atoms with Crippen molar-refractivity contribution in [2.24, 2.45) is 0 Å². The first-order valence-corrected chi connectivity index (χ1v) is 12.6. The molecule has 0 aromatic heterocycles. The first kappa shape index (κ1) is 28.7. The van der Waals surface area contributed by atoms with Crippen molar-refractivity contribution < 1.29 is 14.3 Å². The molecule has 0 aromatic carbocycles. The van der Waals surface area contributed by atoms with Gasteiger partial charge in [0.1, 0.15) is 0 Å². The molecular weight excluding hydrogens is 378 g/mol. The van der Waals surface area contributed by atoms with Crippen LogP contribution in [0.4, 0.5) is 4.79 Å². The Morgan fingerprint density at radius 2 is 1.13 bits per heavy atom. The fourth-order valence-corrected chi connectivity index (χ4v) is 3.19. The second kappa shape index (κ2) is 24.0. The van der Waals surface area contributed by atoms with Gasteiger partial charge in [-0.1, -0.05) is 58.8 Å². The van der Waals surface area contributed by atoms with Gasteiger partial charge < -0.3 is 20.7 Å². The highest BCUT2D eigenvalue weighted by Crippen LogP contribution is 2.02. The first-order chi connectivity index (χ1) is 14.7. The van der Waals surface area contributed by atoms with E-state index < -0.39 is 0 Å². The third-order valence-electron chi connectivity index (χ3n) is 5.14. The smallest absolute Gasteiger partial charge is 0.407 e. The summed E-state index contributed by atoms with van der Waals surface area (Å²) in [5.74, 6) is 0.136. The quantitative estimate of drug-likeness (QED) is 0.205. The standard InChI is InChI=1S/C24H49N3O3/c1-3-5-7-12-18-25-19-13-10-15-21-27-24(29)30-22-16-9-11-17-23(28)26-20-14-8-6-4-2/h25H,3-22H2,1-2H3,(H,26,28)(H,27,29). The van der Waals surface area contributed by atoms with E-state index in [1.54, 1.807) is 0 Å². The molecule has 178 valence electrons. The van der Waals surface area contributed by atoms with E-state index in [9.17, 15) is 9.59 Å². The number of amides is 2. The van der Waals surface area contributed by atoms with Crippen LogP contribution in [-0.4, -0.2) is 44.8 Å². The van der Waals surface area contributed by atoms with E-state index in [-0.39, 0.29) is 12.0 Å². The number of hydrogen-bond donors (Lipinski definition) is 3.